The van der Waals surface area contributed by atoms with Crippen LogP contribution in [0.1, 0.15) is 33.1 Å². The Morgan fingerprint density at radius 1 is 1.20 bits per heavy atom. The number of aliphatic hydroxyl groups is 1. The summed E-state index contributed by atoms with van der Waals surface area (Å²) in [5.41, 5.74) is 0. The summed E-state index contributed by atoms with van der Waals surface area (Å²) in [5.74, 6) is 0. The van der Waals surface area contributed by atoms with Crippen LogP contribution < -0.4 is 0 Å². The van der Waals surface area contributed by atoms with Gasteiger partial charge in [-0.15, -0.1) is 0 Å². The molecule has 0 bridgehead atoms. The van der Waals surface area contributed by atoms with E-state index in [1.807, 2.05) is 0 Å². The number of rotatable bonds is 2. The van der Waals surface area contributed by atoms with Crippen molar-refractivity contribution in [2.24, 2.45) is 0 Å². The average molecular weight is 196 g/mol. The van der Waals surface area contributed by atoms with E-state index in [1.165, 1.54) is 12.8 Å². The third-order valence-corrected chi connectivity index (χ3v) is 0.604. The molecule has 0 saturated carbocycles. The zero-order chi connectivity index (χ0) is 8.12. The summed E-state index contributed by atoms with van der Waals surface area (Å²) in [7, 11) is 1.00. The molecular weight excluding hydrogens is 176 g/mol. The monoisotopic (exact) mass is 195 g/mol. The molecule has 1 nitrogen and oxygen atoms in total. The molecule has 1 radical (unpaired) electrons. The fourth-order valence-electron chi connectivity index (χ4n) is 0.250. The van der Waals surface area contributed by atoms with Crippen molar-refractivity contribution in [1.82, 2.24) is 0 Å². The Morgan fingerprint density at radius 3 is 1.50 bits per heavy atom. The van der Waals surface area contributed by atoms with E-state index in [-0.39, 0.29) is 17.1 Å². The molecule has 0 aromatic carbocycles. The summed E-state index contributed by atoms with van der Waals surface area (Å²) in [6, 6.07) is 0. The Balaban J connectivity index is -0.0000000315. The zero-order valence-electron chi connectivity index (χ0n) is 7.28. The quantitative estimate of drug-likeness (QED) is 0.530. The Hall–Kier alpha value is 0.479. The van der Waals surface area contributed by atoms with Gasteiger partial charge in [0, 0.05) is 7.11 Å². The van der Waals surface area contributed by atoms with Crippen molar-refractivity contribution in [1.29, 1.82) is 0 Å². The molecule has 0 aliphatic heterocycles. The van der Waals surface area contributed by atoms with Crippen LogP contribution in [-0.2, 0) is 17.1 Å². The summed E-state index contributed by atoms with van der Waals surface area (Å²) in [4.78, 5) is 0. The molecule has 0 aromatic heterocycles. The predicted octanol–water partition coefficient (Wildman–Crippen LogP) is 2.46. The number of hydrogen-bond donors (Lipinski definition) is 1. The molecule has 2 heteroatoms. The fraction of sp³-hybridized carbons (Fsp3) is 0.750. The van der Waals surface area contributed by atoms with Gasteiger partial charge < -0.3 is 19.0 Å². The van der Waals surface area contributed by atoms with Crippen LogP contribution in [0.5, 0.6) is 0 Å². The first-order valence-corrected chi connectivity index (χ1v) is 3.36. The maximum atomic E-state index is 7.00. The molecule has 0 aliphatic rings. The average Bonchev–Trinajstić information content (AvgIpc) is 1.98. The second-order valence-corrected chi connectivity index (χ2v) is 1.21. The first-order chi connectivity index (χ1) is 4.41. The van der Waals surface area contributed by atoms with Gasteiger partial charge in [-0.1, -0.05) is 19.8 Å². The Morgan fingerprint density at radius 2 is 1.50 bits per heavy atom. The van der Waals surface area contributed by atoms with Gasteiger partial charge in [0.25, 0.3) is 0 Å². The molecule has 1 N–H and O–H groups in total. The minimum absolute atomic E-state index is 0. The normalized spacial score (nSPS) is 5.40. The van der Waals surface area contributed by atoms with E-state index in [9.17, 15) is 0 Å². The first-order valence-electron chi connectivity index (χ1n) is 3.36. The molecule has 0 spiro atoms. The van der Waals surface area contributed by atoms with E-state index in [2.05, 4.69) is 20.8 Å². The third kappa shape index (κ3) is 77.2. The molecule has 10 heavy (non-hydrogen) atoms. The standard InChI is InChI=1S/C5H11.C2H5.CH4O.Cu/c1-3-5-4-2;2*1-2;/h1,3-5H2,2H3;1H2,2H3;2H,1H3;/q2*-1;;+2. The topological polar surface area (TPSA) is 20.2 Å². The summed E-state index contributed by atoms with van der Waals surface area (Å²) >= 11 is 0. The van der Waals surface area contributed by atoms with E-state index >= 15 is 0 Å². The summed E-state index contributed by atoms with van der Waals surface area (Å²) in [6.07, 6.45) is 3.65. The molecule has 0 fully saturated rings. The van der Waals surface area contributed by atoms with Crippen molar-refractivity contribution in [3.05, 3.63) is 13.8 Å². The van der Waals surface area contributed by atoms with Gasteiger partial charge in [-0.3, -0.25) is 0 Å². The minimum atomic E-state index is 0. The van der Waals surface area contributed by atoms with Crippen molar-refractivity contribution in [2.45, 2.75) is 33.1 Å². The van der Waals surface area contributed by atoms with Gasteiger partial charge in [0.15, 0.2) is 0 Å². The molecular formula is C8H20CuO. The fourth-order valence-corrected chi connectivity index (χ4v) is 0.250. The summed E-state index contributed by atoms with van der Waals surface area (Å²) < 4.78 is 0. The Kier molecular flexibility index (Phi) is 126. The van der Waals surface area contributed by atoms with Crippen molar-refractivity contribution in [3.8, 4) is 0 Å². The van der Waals surface area contributed by atoms with Crippen LogP contribution in [0.3, 0.4) is 0 Å². The molecule has 0 heterocycles. The van der Waals surface area contributed by atoms with Crippen molar-refractivity contribution >= 4 is 0 Å². The predicted molar refractivity (Wildman–Crippen MR) is 44.1 cm³/mol. The molecule has 0 saturated heterocycles. The van der Waals surface area contributed by atoms with E-state index in [0.717, 1.165) is 13.5 Å². The largest absolute Gasteiger partial charge is 2.00 e. The number of unbranched alkanes of at least 4 members (excludes halogenated alkanes) is 2. The van der Waals surface area contributed by atoms with E-state index in [4.69, 9.17) is 5.11 Å². The first kappa shape index (κ1) is 22.4. The van der Waals surface area contributed by atoms with Gasteiger partial charge in [0.05, 0.1) is 0 Å². The Bertz CT molecular complexity index is 16.7. The zero-order valence-corrected chi connectivity index (χ0v) is 8.23. The molecule has 0 unspecified atom stereocenters. The van der Waals surface area contributed by atoms with Gasteiger partial charge in [0.1, 0.15) is 0 Å². The molecule has 0 atom stereocenters. The Labute approximate surface area is 76.7 Å². The van der Waals surface area contributed by atoms with Crippen LogP contribution in [-0.4, -0.2) is 12.2 Å². The van der Waals surface area contributed by atoms with Gasteiger partial charge in [0.2, 0.25) is 0 Å². The minimum Gasteiger partial charge on any atom is -0.400 e. The second-order valence-electron chi connectivity index (χ2n) is 1.21. The van der Waals surface area contributed by atoms with Crippen LogP contribution in [0.25, 0.3) is 0 Å². The van der Waals surface area contributed by atoms with Crippen LogP contribution in [0.4, 0.5) is 0 Å². The summed E-state index contributed by atoms with van der Waals surface area (Å²) in [5, 5.41) is 7.00. The molecule has 0 aromatic rings. The number of aliphatic hydroxyl groups excluding tert-OH is 1. The van der Waals surface area contributed by atoms with Gasteiger partial charge in [-0.25, -0.2) is 0 Å². The van der Waals surface area contributed by atoms with Gasteiger partial charge >= 0.3 is 17.1 Å². The molecule has 0 amide bonds. The van der Waals surface area contributed by atoms with Gasteiger partial charge in [-0.2, -0.15) is 13.3 Å². The van der Waals surface area contributed by atoms with Crippen LogP contribution >= 0.6 is 0 Å². The third-order valence-electron chi connectivity index (χ3n) is 0.604. The maximum absolute atomic E-state index is 7.00. The van der Waals surface area contributed by atoms with Crippen LogP contribution in [0, 0.1) is 13.8 Å². The summed E-state index contributed by atoms with van der Waals surface area (Å²) in [6.45, 7) is 10.8. The van der Waals surface area contributed by atoms with Crippen LogP contribution in [0.15, 0.2) is 0 Å². The van der Waals surface area contributed by atoms with Crippen LogP contribution in [0.2, 0.25) is 0 Å². The van der Waals surface area contributed by atoms with Crippen molar-refractivity contribution < 1.29 is 22.2 Å². The van der Waals surface area contributed by atoms with Gasteiger partial charge in [-0.05, 0) is 0 Å². The van der Waals surface area contributed by atoms with E-state index in [0.29, 0.717) is 0 Å². The SMILES string of the molecule is CO.[CH2-]C.[CH2-]CCCC.[Cu+2]. The molecule has 69 valence electrons. The van der Waals surface area contributed by atoms with Crippen molar-refractivity contribution in [2.75, 3.05) is 7.11 Å². The number of hydrogen-bond acceptors (Lipinski definition) is 1. The maximum Gasteiger partial charge on any atom is 2.00 e. The molecule has 0 aliphatic carbocycles. The molecule has 0 rings (SSSR count). The smallest absolute Gasteiger partial charge is 0.400 e. The second kappa shape index (κ2) is 56.3. The van der Waals surface area contributed by atoms with E-state index in [1.54, 1.807) is 6.92 Å². The van der Waals surface area contributed by atoms with Crippen molar-refractivity contribution in [3.63, 3.8) is 0 Å². The van der Waals surface area contributed by atoms with E-state index < -0.39 is 0 Å².